The van der Waals surface area contributed by atoms with E-state index in [1.807, 2.05) is 36.4 Å². The number of carbonyl (C=O) groups excluding carboxylic acids is 1. The molecular weight excluding hydrogens is 354 g/mol. The number of furan rings is 1. The fourth-order valence-corrected chi connectivity index (χ4v) is 3.45. The maximum absolute atomic E-state index is 12.4. The first-order chi connectivity index (χ1) is 11.2. The van der Waals surface area contributed by atoms with Gasteiger partial charge in [0.25, 0.3) is 5.91 Å². The van der Waals surface area contributed by atoms with Gasteiger partial charge in [0.2, 0.25) is 0 Å². The highest BCUT2D eigenvalue weighted by Gasteiger charge is 2.44. The lowest BCUT2D eigenvalue weighted by atomic mass is 9.96. The second-order valence-electron chi connectivity index (χ2n) is 6.10. The topological polar surface area (TPSA) is 42.2 Å². The lowest BCUT2D eigenvalue weighted by Gasteiger charge is -2.15. The number of benzene rings is 2. The van der Waals surface area contributed by atoms with E-state index in [9.17, 15) is 4.79 Å². The largest absolute Gasteiger partial charge is 0.450 e. The molecule has 0 aliphatic heterocycles. The molecule has 1 aromatic heterocycles. The summed E-state index contributed by atoms with van der Waals surface area (Å²) in [7, 11) is 0. The molecular formula is C19H16BrNO2. The maximum atomic E-state index is 12.4. The number of rotatable bonds is 4. The zero-order valence-corrected chi connectivity index (χ0v) is 14.1. The average Bonchev–Trinajstić information content (AvgIpc) is 3.24. The first kappa shape index (κ1) is 14.5. The Labute approximate surface area is 142 Å². The Kier molecular flexibility index (Phi) is 3.49. The molecule has 23 heavy (non-hydrogen) atoms. The van der Waals surface area contributed by atoms with Crippen LogP contribution in [0.1, 0.15) is 29.0 Å². The van der Waals surface area contributed by atoms with Crippen LogP contribution in [-0.4, -0.2) is 12.5 Å². The lowest BCUT2D eigenvalue weighted by molar-refractivity contribution is 0.0924. The van der Waals surface area contributed by atoms with E-state index >= 15 is 0 Å². The molecule has 0 atom stereocenters. The summed E-state index contributed by atoms with van der Waals surface area (Å²) < 4.78 is 6.55. The summed E-state index contributed by atoms with van der Waals surface area (Å²) in [5.41, 5.74) is 2.11. The van der Waals surface area contributed by atoms with Gasteiger partial charge in [-0.15, -0.1) is 0 Å². The molecule has 1 aliphatic carbocycles. The van der Waals surface area contributed by atoms with Crippen LogP contribution in [0.3, 0.4) is 0 Å². The molecule has 1 aliphatic rings. The standard InChI is InChI=1S/C19H16BrNO2/c20-15-8-4-5-13-11-16(23-17(13)15)18(22)21-12-19(9-10-19)14-6-2-1-3-7-14/h1-8,11H,9-10,12H2,(H,21,22). The van der Waals surface area contributed by atoms with Gasteiger partial charge in [0.1, 0.15) is 5.58 Å². The number of hydrogen-bond acceptors (Lipinski definition) is 2. The van der Waals surface area contributed by atoms with Gasteiger partial charge in [-0.25, -0.2) is 0 Å². The van der Waals surface area contributed by atoms with E-state index in [2.05, 4.69) is 33.4 Å². The lowest BCUT2D eigenvalue weighted by Crippen LogP contribution is -2.32. The zero-order valence-electron chi connectivity index (χ0n) is 12.5. The van der Waals surface area contributed by atoms with Crippen molar-refractivity contribution in [2.45, 2.75) is 18.3 Å². The van der Waals surface area contributed by atoms with Gasteiger partial charge < -0.3 is 9.73 Å². The van der Waals surface area contributed by atoms with Gasteiger partial charge in [0, 0.05) is 17.3 Å². The van der Waals surface area contributed by atoms with Crippen LogP contribution in [0.5, 0.6) is 0 Å². The smallest absolute Gasteiger partial charge is 0.287 e. The van der Waals surface area contributed by atoms with Crippen LogP contribution in [-0.2, 0) is 5.41 Å². The molecule has 1 N–H and O–H groups in total. The number of halogens is 1. The Balaban J connectivity index is 1.51. The monoisotopic (exact) mass is 369 g/mol. The molecule has 1 fully saturated rings. The van der Waals surface area contributed by atoms with Crippen molar-refractivity contribution < 1.29 is 9.21 Å². The summed E-state index contributed by atoms with van der Waals surface area (Å²) in [4.78, 5) is 12.4. The first-order valence-corrected chi connectivity index (χ1v) is 8.49. The Bertz CT molecular complexity index is 865. The van der Waals surface area contributed by atoms with E-state index in [0.29, 0.717) is 17.9 Å². The van der Waals surface area contributed by atoms with Gasteiger partial charge >= 0.3 is 0 Å². The highest BCUT2D eigenvalue weighted by atomic mass is 79.9. The van der Waals surface area contributed by atoms with Crippen LogP contribution in [0.4, 0.5) is 0 Å². The fourth-order valence-electron chi connectivity index (χ4n) is 2.99. The zero-order chi connectivity index (χ0) is 15.9. The molecule has 4 rings (SSSR count). The van der Waals surface area contributed by atoms with Gasteiger partial charge in [-0.05, 0) is 46.5 Å². The van der Waals surface area contributed by atoms with E-state index in [1.165, 1.54) is 5.56 Å². The van der Waals surface area contributed by atoms with E-state index in [4.69, 9.17) is 4.42 Å². The SMILES string of the molecule is O=C(NCC1(c2ccccc2)CC1)c1cc2cccc(Br)c2o1. The minimum absolute atomic E-state index is 0.101. The molecule has 3 aromatic rings. The van der Waals surface area contributed by atoms with Crippen molar-refractivity contribution in [3.63, 3.8) is 0 Å². The van der Waals surface area contributed by atoms with Crippen molar-refractivity contribution in [3.05, 3.63) is 70.4 Å². The molecule has 2 aromatic carbocycles. The van der Waals surface area contributed by atoms with Crippen molar-refractivity contribution >= 4 is 32.8 Å². The number of fused-ring (bicyclic) bond motifs is 1. The van der Waals surface area contributed by atoms with Crippen LogP contribution < -0.4 is 5.32 Å². The molecule has 0 radical (unpaired) electrons. The van der Waals surface area contributed by atoms with Crippen molar-refractivity contribution in [1.82, 2.24) is 5.32 Å². The third kappa shape index (κ3) is 2.68. The quantitative estimate of drug-likeness (QED) is 0.726. The Morgan fingerprint density at radius 1 is 1.13 bits per heavy atom. The molecule has 0 spiro atoms. The predicted octanol–water partition coefficient (Wildman–Crippen LogP) is 4.66. The van der Waals surface area contributed by atoms with Crippen LogP contribution in [0, 0.1) is 0 Å². The Hall–Kier alpha value is -2.07. The Morgan fingerprint density at radius 2 is 1.91 bits per heavy atom. The van der Waals surface area contributed by atoms with Crippen LogP contribution >= 0.6 is 15.9 Å². The first-order valence-electron chi connectivity index (χ1n) is 7.70. The van der Waals surface area contributed by atoms with Gasteiger partial charge in [-0.3, -0.25) is 4.79 Å². The third-order valence-electron chi connectivity index (χ3n) is 4.55. The Morgan fingerprint density at radius 3 is 2.61 bits per heavy atom. The fraction of sp³-hybridized carbons (Fsp3) is 0.211. The van der Waals surface area contributed by atoms with E-state index in [0.717, 1.165) is 22.7 Å². The molecule has 1 amide bonds. The molecule has 0 unspecified atom stereocenters. The van der Waals surface area contributed by atoms with Crippen LogP contribution in [0.25, 0.3) is 11.0 Å². The summed E-state index contributed by atoms with van der Waals surface area (Å²) >= 11 is 3.45. The summed E-state index contributed by atoms with van der Waals surface area (Å²) in [6.07, 6.45) is 2.23. The van der Waals surface area contributed by atoms with Gasteiger partial charge in [-0.2, -0.15) is 0 Å². The van der Waals surface area contributed by atoms with E-state index in [-0.39, 0.29) is 11.3 Å². The minimum atomic E-state index is -0.157. The number of para-hydroxylation sites is 1. The normalized spacial score (nSPS) is 15.5. The molecule has 116 valence electrons. The van der Waals surface area contributed by atoms with Crippen molar-refractivity contribution in [1.29, 1.82) is 0 Å². The average molecular weight is 370 g/mol. The highest BCUT2D eigenvalue weighted by Crippen LogP contribution is 2.47. The highest BCUT2D eigenvalue weighted by molar-refractivity contribution is 9.10. The second kappa shape index (κ2) is 5.53. The van der Waals surface area contributed by atoms with E-state index < -0.39 is 0 Å². The van der Waals surface area contributed by atoms with Gasteiger partial charge in [0.05, 0.1) is 4.47 Å². The minimum Gasteiger partial charge on any atom is -0.450 e. The van der Waals surface area contributed by atoms with E-state index in [1.54, 1.807) is 6.07 Å². The number of amides is 1. The number of carbonyl (C=O) groups is 1. The van der Waals surface area contributed by atoms with Crippen molar-refractivity contribution in [3.8, 4) is 0 Å². The predicted molar refractivity (Wildman–Crippen MR) is 93.6 cm³/mol. The van der Waals surface area contributed by atoms with Gasteiger partial charge in [0.15, 0.2) is 5.76 Å². The molecule has 0 bridgehead atoms. The maximum Gasteiger partial charge on any atom is 0.287 e. The summed E-state index contributed by atoms with van der Waals surface area (Å²) in [5.74, 6) is 0.200. The number of hydrogen-bond donors (Lipinski definition) is 1. The molecule has 0 saturated heterocycles. The molecule has 4 heteroatoms. The summed E-state index contributed by atoms with van der Waals surface area (Å²) in [6, 6.07) is 18.0. The molecule has 1 heterocycles. The second-order valence-corrected chi connectivity index (χ2v) is 6.95. The van der Waals surface area contributed by atoms with Gasteiger partial charge in [-0.1, -0.05) is 42.5 Å². The van der Waals surface area contributed by atoms with Crippen molar-refractivity contribution in [2.24, 2.45) is 0 Å². The van der Waals surface area contributed by atoms with Crippen LogP contribution in [0.2, 0.25) is 0 Å². The van der Waals surface area contributed by atoms with Crippen LogP contribution in [0.15, 0.2) is 63.5 Å². The summed E-state index contributed by atoms with van der Waals surface area (Å²) in [6.45, 7) is 0.647. The summed E-state index contributed by atoms with van der Waals surface area (Å²) in [5, 5.41) is 3.96. The van der Waals surface area contributed by atoms with Crippen molar-refractivity contribution in [2.75, 3.05) is 6.54 Å². The molecule has 1 saturated carbocycles. The third-order valence-corrected chi connectivity index (χ3v) is 5.17. The number of nitrogens with one attached hydrogen (secondary N) is 1. The molecule has 3 nitrogen and oxygen atoms in total.